The third-order valence-electron chi connectivity index (χ3n) is 2.05. The molecule has 6 heteroatoms. The lowest BCUT2D eigenvalue weighted by Gasteiger charge is -2.01. The molecule has 1 aromatic carbocycles. The summed E-state index contributed by atoms with van der Waals surface area (Å²) in [6.45, 7) is 0. The number of nitrogen functional groups attached to an aromatic ring is 1. The Bertz CT molecular complexity index is 492. The standard InChI is InChI=1S/C10H10N4O.ClH/c11-9-5-14(6-13-9)8-3-1-7(2-4-8)10(12)15;/h1-6H,11H2,(H2,12,15);1H. The van der Waals surface area contributed by atoms with Crippen LogP contribution in [0.25, 0.3) is 5.69 Å². The quantitative estimate of drug-likeness (QED) is 0.818. The zero-order valence-electron chi connectivity index (χ0n) is 8.33. The first kappa shape index (κ1) is 12.1. The molecular weight excluding hydrogens is 228 g/mol. The van der Waals surface area contributed by atoms with Crippen LogP contribution in [0.1, 0.15) is 10.4 Å². The van der Waals surface area contributed by atoms with Crippen LogP contribution in [0.5, 0.6) is 0 Å². The number of anilines is 1. The van der Waals surface area contributed by atoms with E-state index in [-0.39, 0.29) is 12.4 Å². The van der Waals surface area contributed by atoms with Crippen LogP contribution in [0.15, 0.2) is 36.8 Å². The van der Waals surface area contributed by atoms with E-state index in [0.717, 1.165) is 5.69 Å². The average molecular weight is 239 g/mol. The van der Waals surface area contributed by atoms with E-state index in [1.54, 1.807) is 41.4 Å². The number of imidazole rings is 1. The molecule has 4 N–H and O–H groups in total. The number of amides is 1. The fourth-order valence-corrected chi connectivity index (χ4v) is 1.28. The molecule has 0 radical (unpaired) electrons. The molecule has 2 rings (SSSR count). The highest BCUT2D eigenvalue weighted by atomic mass is 35.5. The second-order valence-corrected chi connectivity index (χ2v) is 3.12. The van der Waals surface area contributed by atoms with Gasteiger partial charge in [-0.05, 0) is 24.3 Å². The topological polar surface area (TPSA) is 86.9 Å². The molecular formula is C10H11ClN4O. The number of hydrogen-bond acceptors (Lipinski definition) is 3. The number of nitrogens with two attached hydrogens (primary N) is 2. The van der Waals surface area contributed by atoms with Gasteiger partial charge in [-0.15, -0.1) is 12.4 Å². The van der Waals surface area contributed by atoms with Crippen molar-refractivity contribution in [1.29, 1.82) is 0 Å². The first-order chi connectivity index (χ1) is 7.16. The number of carbonyl (C=O) groups excluding carboxylic acids is 1. The number of rotatable bonds is 2. The van der Waals surface area contributed by atoms with Crippen molar-refractivity contribution in [2.45, 2.75) is 0 Å². The first-order valence-corrected chi connectivity index (χ1v) is 4.36. The smallest absolute Gasteiger partial charge is 0.248 e. The lowest BCUT2D eigenvalue weighted by atomic mass is 10.2. The molecule has 1 aromatic heterocycles. The molecule has 5 nitrogen and oxygen atoms in total. The summed E-state index contributed by atoms with van der Waals surface area (Å²) in [7, 11) is 0. The molecule has 2 aromatic rings. The van der Waals surface area contributed by atoms with Crippen molar-refractivity contribution in [3.63, 3.8) is 0 Å². The van der Waals surface area contributed by atoms with E-state index in [9.17, 15) is 4.79 Å². The fourth-order valence-electron chi connectivity index (χ4n) is 1.28. The zero-order chi connectivity index (χ0) is 10.8. The molecule has 0 saturated carbocycles. The van der Waals surface area contributed by atoms with Crippen molar-refractivity contribution in [1.82, 2.24) is 9.55 Å². The molecule has 0 unspecified atom stereocenters. The number of hydrogen-bond donors (Lipinski definition) is 2. The first-order valence-electron chi connectivity index (χ1n) is 4.36. The number of carbonyl (C=O) groups is 1. The summed E-state index contributed by atoms with van der Waals surface area (Å²) in [5, 5.41) is 0. The maximum Gasteiger partial charge on any atom is 0.248 e. The summed E-state index contributed by atoms with van der Waals surface area (Å²) in [6.07, 6.45) is 3.30. The number of primary amides is 1. The van der Waals surface area contributed by atoms with Crippen LogP contribution in [0.4, 0.5) is 5.82 Å². The van der Waals surface area contributed by atoms with Crippen LogP contribution in [0.2, 0.25) is 0 Å². The van der Waals surface area contributed by atoms with E-state index in [2.05, 4.69) is 4.98 Å². The van der Waals surface area contributed by atoms with E-state index in [1.807, 2.05) is 0 Å². The van der Waals surface area contributed by atoms with Gasteiger partial charge in [0, 0.05) is 11.3 Å². The molecule has 0 atom stereocenters. The maximum atomic E-state index is 10.8. The molecule has 84 valence electrons. The maximum absolute atomic E-state index is 10.8. The largest absolute Gasteiger partial charge is 0.382 e. The Kier molecular flexibility index (Phi) is 3.52. The van der Waals surface area contributed by atoms with Gasteiger partial charge < -0.3 is 16.0 Å². The molecule has 0 aliphatic carbocycles. The van der Waals surface area contributed by atoms with E-state index >= 15 is 0 Å². The SMILES string of the molecule is Cl.NC(=O)c1ccc(-n2cnc(N)c2)cc1. The number of halogens is 1. The van der Waals surface area contributed by atoms with Crippen molar-refractivity contribution in [3.05, 3.63) is 42.4 Å². The summed E-state index contributed by atoms with van der Waals surface area (Å²) >= 11 is 0. The lowest BCUT2D eigenvalue weighted by molar-refractivity contribution is 0.100. The second-order valence-electron chi connectivity index (χ2n) is 3.12. The molecule has 0 aliphatic heterocycles. The molecule has 0 fully saturated rings. The van der Waals surface area contributed by atoms with Gasteiger partial charge in [0.1, 0.15) is 12.1 Å². The van der Waals surface area contributed by atoms with Crippen LogP contribution in [-0.4, -0.2) is 15.5 Å². The van der Waals surface area contributed by atoms with Crippen molar-refractivity contribution >= 4 is 24.1 Å². The molecule has 0 saturated heterocycles. The Morgan fingerprint density at radius 3 is 2.31 bits per heavy atom. The van der Waals surface area contributed by atoms with E-state index < -0.39 is 5.91 Å². The van der Waals surface area contributed by atoms with E-state index in [0.29, 0.717) is 11.4 Å². The average Bonchev–Trinajstić information content (AvgIpc) is 2.65. The second kappa shape index (κ2) is 4.67. The molecule has 1 heterocycles. The van der Waals surface area contributed by atoms with Gasteiger partial charge in [0.05, 0.1) is 6.20 Å². The minimum atomic E-state index is -0.438. The normalized spacial score (nSPS) is 9.50. The van der Waals surface area contributed by atoms with Crippen LogP contribution in [0.3, 0.4) is 0 Å². The third kappa shape index (κ3) is 2.32. The van der Waals surface area contributed by atoms with Crippen molar-refractivity contribution < 1.29 is 4.79 Å². The van der Waals surface area contributed by atoms with E-state index in [4.69, 9.17) is 11.5 Å². The minimum Gasteiger partial charge on any atom is -0.382 e. The molecule has 0 spiro atoms. The van der Waals surface area contributed by atoms with Crippen LogP contribution in [-0.2, 0) is 0 Å². The highest BCUT2D eigenvalue weighted by Gasteiger charge is 2.01. The van der Waals surface area contributed by atoms with Crippen molar-refractivity contribution in [2.75, 3.05) is 5.73 Å². The predicted octanol–water partition coefficient (Wildman–Crippen LogP) is 0.975. The van der Waals surface area contributed by atoms with Crippen LogP contribution in [0, 0.1) is 0 Å². The Labute approximate surface area is 98.5 Å². The predicted molar refractivity (Wildman–Crippen MR) is 63.7 cm³/mol. The Morgan fingerprint density at radius 1 is 1.25 bits per heavy atom. The minimum absolute atomic E-state index is 0. The molecule has 0 bridgehead atoms. The number of aromatic nitrogens is 2. The lowest BCUT2D eigenvalue weighted by Crippen LogP contribution is -2.10. The third-order valence-corrected chi connectivity index (χ3v) is 2.05. The molecule has 1 amide bonds. The van der Waals surface area contributed by atoms with Gasteiger partial charge >= 0.3 is 0 Å². The summed E-state index contributed by atoms with van der Waals surface area (Å²) in [6, 6.07) is 6.88. The number of nitrogens with zero attached hydrogens (tertiary/aromatic N) is 2. The Morgan fingerprint density at radius 2 is 1.88 bits per heavy atom. The molecule has 16 heavy (non-hydrogen) atoms. The Balaban J connectivity index is 0.00000128. The van der Waals surface area contributed by atoms with Crippen LogP contribution >= 0.6 is 12.4 Å². The summed E-state index contributed by atoms with van der Waals surface area (Å²) in [4.78, 5) is 14.7. The van der Waals surface area contributed by atoms with Crippen LogP contribution < -0.4 is 11.5 Å². The van der Waals surface area contributed by atoms with Gasteiger partial charge in [0.15, 0.2) is 0 Å². The fraction of sp³-hybridized carbons (Fsp3) is 0. The van der Waals surface area contributed by atoms with Gasteiger partial charge in [-0.3, -0.25) is 4.79 Å². The molecule has 0 aliphatic rings. The summed E-state index contributed by atoms with van der Waals surface area (Å²) < 4.78 is 1.76. The monoisotopic (exact) mass is 238 g/mol. The highest BCUT2D eigenvalue weighted by Crippen LogP contribution is 2.10. The van der Waals surface area contributed by atoms with Gasteiger partial charge in [0.25, 0.3) is 0 Å². The van der Waals surface area contributed by atoms with Crippen molar-refractivity contribution in [2.24, 2.45) is 5.73 Å². The zero-order valence-corrected chi connectivity index (χ0v) is 9.15. The van der Waals surface area contributed by atoms with Gasteiger partial charge in [-0.25, -0.2) is 4.98 Å². The summed E-state index contributed by atoms with van der Waals surface area (Å²) in [5.41, 5.74) is 12.0. The van der Waals surface area contributed by atoms with Crippen molar-refractivity contribution in [3.8, 4) is 5.69 Å². The van der Waals surface area contributed by atoms with Gasteiger partial charge in [-0.1, -0.05) is 0 Å². The Hall–Kier alpha value is -2.01. The number of benzene rings is 1. The van der Waals surface area contributed by atoms with E-state index in [1.165, 1.54) is 0 Å². The van der Waals surface area contributed by atoms with Gasteiger partial charge in [0.2, 0.25) is 5.91 Å². The summed E-state index contributed by atoms with van der Waals surface area (Å²) in [5.74, 6) is 0.0145. The van der Waals surface area contributed by atoms with Gasteiger partial charge in [-0.2, -0.15) is 0 Å². The highest BCUT2D eigenvalue weighted by molar-refractivity contribution is 5.92.